The van der Waals surface area contributed by atoms with E-state index in [9.17, 15) is 4.79 Å². The lowest BCUT2D eigenvalue weighted by Gasteiger charge is -2.58. The molecule has 1 aliphatic heterocycles. The summed E-state index contributed by atoms with van der Waals surface area (Å²) in [6, 6.07) is 0. The molecule has 0 unspecified atom stereocenters. The van der Waals surface area contributed by atoms with Crippen LogP contribution in [0.5, 0.6) is 0 Å². The van der Waals surface area contributed by atoms with Crippen LogP contribution >= 0.6 is 0 Å². The first-order valence-electron chi connectivity index (χ1n) is 9.99. The average Bonchev–Trinajstić information content (AvgIpc) is 2.53. The predicted molar refractivity (Wildman–Crippen MR) is 94.7 cm³/mol. The van der Waals surface area contributed by atoms with Crippen LogP contribution in [0.25, 0.3) is 0 Å². The quantitative estimate of drug-likeness (QED) is 0.840. The summed E-state index contributed by atoms with van der Waals surface area (Å²) >= 11 is 0. The molecule has 1 saturated heterocycles. The molecule has 0 atom stereocenters. The Balaban J connectivity index is 1.47. The molecule has 4 nitrogen and oxygen atoms in total. The fourth-order valence-corrected chi connectivity index (χ4v) is 7.07. The highest BCUT2D eigenvalue weighted by molar-refractivity contribution is 5.83. The third-order valence-corrected chi connectivity index (χ3v) is 7.52. The van der Waals surface area contributed by atoms with E-state index in [4.69, 9.17) is 4.74 Å². The Labute approximate surface area is 146 Å². The van der Waals surface area contributed by atoms with Crippen molar-refractivity contribution in [2.75, 3.05) is 40.4 Å². The lowest BCUT2D eigenvalue weighted by molar-refractivity contribution is -0.151. The van der Waals surface area contributed by atoms with E-state index in [-0.39, 0.29) is 5.41 Å². The van der Waals surface area contributed by atoms with Gasteiger partial charge in [0.05, 0.1) is 12.0 Å². The van der Waals surface area contributed by atoms with E-state index >= 15 is 0 Å². The minimum absolute atomic E-state index is 0.295. The molecular formula is C20H34N2O2. The Morgan fingerprint density at radius 1 is 1.08 bits per heavy atom. The number of carbonyl (C=O) groups excluding carboxylic acids is 1. The van der Waals surface area contributed by atoms with Gasteiger partial charge in [0.15, 0.2) is 0 Å². The van der Waals surface area contributed by atoms with E-state index in [1.54, 1.807) is 7.11 Å². The number of rotatable bonds is 5. The fourth-order valence-electron chi connectivity index (χ4n) is 7.07. The summed E-state index contributed by atoms with van der Waals surface area (Å²) in [5.74, 6) is 3.19. The van der Waals surface area contributed by atoms with Crippen LogP contribution in [0.15, 0.2) is 0 Å². The van der Waals surface area contributed by atoms with Gasteiger partial charge in [0.25, 0.3) is 0 Å². The van der Waals surface area contributed by atoms with Crippen molar-refractivity contribution in [2.24, 2.45) is 28.6 Å². The molecule has 1 N–H and O–H groups in total. The molecule has 5 rings (SSSR count). The average molecular weight is 335 g/mol. The lowest BCUT2D eigenvalue weighted by Crippen LogP contribution is -2.55. The van der Waals surface area contributed by atoms with Crippen molar-refractivity contribution < 1.29 is 9.53 Å². The second-order valence-electron chi connectivity index (χ2n) is 9.54. The summed E-state index contributed by atoms with van der Waals surface area (Å²) in [6.45, 7) is 3.41. The van der Waals surface area contributed by atoms with E-state index < -0.39 is 0 Å². The van der Waals surface area contributed by atoms with Gasteiger partial charge in [-0.15, -0.1) is 0 Å². The largest absolute Gasteiger partial charge is 0.384 e. The molecule has 5 aliphatic rings. The maximum absolute atomic E-state index is 13.4. The number of nitrogens with zero attached hydrogens (tertiary/aromatic N) is 1. The molecule has 4 bridgehead atoms. The zero-order valence-electron chi connectivity index (χ0n) is 15.5. The Bertz CT molecular complexity index is 443. The van der Waals surface area contributed by atoms with E-state index in [0.717, 1.165) is 50.2 Å². The van der Waals surface area contributed by atoms with E-state index in [0.29, 0.717) is 17.9 Å². The number of hydrogen-bond donors (Lipinski definition) is 1. The smallest absolute Gasteiger partial charge is 0.230 e. The van der Waals surface area contributed by atoms with Crippen LogP contribution in [-0.2, 0) is 9.53 Å². The molecule has 4 heteroatoms. The van der Waals surface area contributed by atoms with Gasteiger partial charge in [-0.3, -0.25) is 4.79 Å². The summed E-state index contributed by atoms with van der Waals surface area (Å²) in [5.41, 5.74) is 0.136. The Morgan fingerprint density at radius 3 is 2.12 bits per heavy atom. The van der Waals surface area contributed by atoms with Crippen LogP contribution in [0.1, 0.15) is 51.4 Å². The maximum atomic E-state index is 13.4. The topological polar surface area (TPSA) is 41.6 Å². The lowest BCUT2D eigenvalue weighted by atomic mass is 9.49. The second kappa shape index (κ2) is 6.28. The van der Waals surface area contributed by atoms with E-state index in [1.165, 1.54) is 38.5 Å². The number of nitrogens with one attached hydrogen (secondary N) is 1. The van der Waals surface area contributed by atoms with Gasteiger partial charge >= 0.3 is 0 Å². The Morgan fingerprint density at radius 2 is 1.62 bits per heavy atom. The van der Waals surface area contributed by atoms with Crippen molar-refractivity contribution in [1.82, 2.24) is 10.2 Å². The minimum atomic E-state index is -0.295. The standard InChI is InChI=1S/C20H34N2O2/c1-22(18(23)20(14-24-2)3-5-21-6-4-20)13-19-10-15-7-16(11-19)9-17(8-15)12-19/h15-17,21H,3-14H2,1-2H3. The molecule has 0 aromatic carbocycles. The molecule has 24 heavy (non-hydrogen) atoms. The molecule has 4 aliphatic carbocycles. The van der Waals surface area contributed by atoms with E-state index in [2.05, 4.69) is 17.3 Å². The van der Waals surface area contributed by atoms with E-state index in [1.807, 2.05) is 0 Å². The highest BCUT2D eigenvalue weighted by atomic mass is 16.5. The molecule has 1 heterocycles. The Kier molecular flexibility index (Phi) is 4.41. The molecule has 0 aromatic heterocycles. The van der Waals surface area contributed by atoms with Gasteiger partial charge in [-0.25, -0.2) is 0 Å². The van der Waals surface area contributed by atoms with Crippen molar-refractivity contribution in [3.05, 3.63) is 0 Å². The molecule has 136 valence electrons. The van der Waals surface area contributed by atoms with Gasteiger partial charge in [0.2, 0.25) is 5.91 Å². The van der Waals surface area contributed by atoms with Crippen LogP contribution in [0.4, 0.5) is 0 Å². The fraction of sp³-hybridized carbons (Fsp3) is 0.950. The summed E-state index contributed by atoms with van der Waals surface area (Å²) in [7, 11) is 3.79. The van der Waals surface area contributed by atoms with Crippen LogP contribution < -0.4 is 5.32 Å². The van der Waals surface area contributed by atoms with Crippen molar-refractivity contribution in [2.45, 2.75) is 51.4 Å². The summed E-state index contributed by atoms with van der Waals surface area (Å²) < 4.78 is 5.47. The number of hydrogen-bond acceptors (Lipinski definition) is 3. The number of piperidine rings is 1. The number of methoxy groups -OCH3 is 1. The second-order valence-corrected chi connectivity index (χ2v) is 9.54. The van der Waals surface area contributed by atoms with Crippen molar-refractivity contribution in [1.29, 1.82) is 0 Å². The third kappa shape index (κ3) is 2.90. The van der Waals surface area contributed by atoms with Gasteiger partial charge in [-0.1, -0.05) is 0 Å². The number of carbonyl (C=O) groups is 1. The van der Waals surface area contributed by atoms with Gasteiger partial charge in [0, 0.05) is 20.7 Å². The first-order valence-corrected chi connectivity index (χ1v) is 9.99. The zero-order valence-corrected chi connectivity index (χ0v) is 15.5. The summed E-state index contributed by atoms with van der Waals surface area (Å²) in [5, 5.41) is 3.39. The van der Waals surface area contributed by atoms with Gasteiger partial charge < -0.3 is 15.0 Å². The summed E-state index contributed by atoms with van der Waals surface area (Å²) in [4.78, 5) is 15.4. The highest BCUT2D eigenvalue weighted by Gasteiger charge is 2.52. The SMILES string of the molecule is COCC1(C(=O)N(C)CC23CC4CC(CC(C4)C2)C3)CCNCC1. The molecule has 5 fully saturated rings. The van der Waals surface area contributed by atoms with Crippen molar-refractivity contribution in [3.63, 3.8) is 0 Å². The van der Waals surface area contributed by atoms with Gasteiger partial charge in [0.1, 0.15) is 0 Å². The normalized spacial score (nSPS) is 39.8. The first-order chi connectivity index (χ1) is 11.5. The molecule has 4 saturated carbocycles. The molecule has 0 spiro atoms. The minimum Gasteiger partial charge on any atom is -0.384 e. The van der Waals surface area contributed by atoms with Crippen molar-refractivity contribution in [3.8, 4) is 0 Å². The zero-order chi connectivity index (χ0) is 16.8. The molecule has 0 aromatic rings. The van der Waals surface area contributed by atoms with Crippen LogP contribution in [0.3, 0.4) is 0 Å². The Hall–Kier alpha value is -0.610. The number of ether oxygens (including phenoxy) is 1. The van der Waals surface area contributed by atoms with Crippen molar-refractivity contribution >= 4 is 5.91 Å². The molecule has 0 radical (unpaired) electrons. The predicted octanol–water partition coefficient (Wildman–Crippen LogP) is 2.68. The van der Waals surface area contributed by atoms with Gasteiger partial charge in [-0.05, 0) is 87.6 Å². The highest BCUT2D eigenvalue weighted by Crippen LogP contribution is 2.60. The van der Waals surface area contributed by atoms with Crippen LogP contribution in [0, 0.1) is 28.6 Å². The molecule has 1 amide bonds. The van der Waals surface area contributed by atoms with Crippen LogP contribution in [0.2, 0.25) is 0 Å². The summed E-state index contributed by atoms with van der Waals surface area (Å²) in [6.07, 6.45) is 10.3. The van der Waals surface area contributed by atoms with Gasteiger partial charge in [-0.2, -0.15) is 0 Å². The maximum Gasteiger partial charge on any atom is 0.230 e. The third-order valence-electron chi connectivity index (χ3n) is 7.52. The number of amides is 1. The monoisotopic (exact) mass is 334 g/mol. The van der Waals surface area contributed by atoms with Crippen LogP contribution in [-0.4, -0.2) is 51.2 Å². The molecular weight excluding hydrogens is 300 g/mol. The first kappa shape index (κ1) is 16.8.